The summed E-state index contributed by atoms with van der Waals surface area (Å²) in [4.78, 5) is 8.25. The van der Waals surface area contributed by atoms with Crippen LogP contribution < -0.4 is 5.73 Å². The van der Waals surface area contributed by atoms with Gasteiger partial charge >= 0.3 is 0 Å². The highest BCUT2D eigenvalue weighted by molar-refractivity contribution is 7.16. The average molecular weight is 216 g/mol. The van der Waals surface area contributed by atoms with Gasteiger partial charge in [0.05, 0.1) is 27.9 Å². The second-order valence-corrected chi connectivity index (χ2v) is 4.05. The first kappa shape index (κ1) is 8.43. The minimum atomic E-state index is 0.701. The third-order valence-corrected chi connectivity index (χ3v) is 3.10. The van der Waals surface area contributed by atoms with Crippen molar-refractivity contribution in [3.8, 4) is 5.69 Å². The summed E-state index contributed by atoms with van der Waals surface area (Å²) in [5.74, 6) is 0. The van der Waals surface area contributed by atoms with Crippen LogP contribution in [0.15, 0.2) is 36.4 Å². The first-order valence-corrected chi connectivity index (χ1v) is 5.34. The van der Waals surface area contributed by atoms with E-state index in [1.165, 1.54) is 0 Å². The number of imidazole rings is 1. The van der Waals surface area contributed by atoms with Crippen molar-refractivity contribution in [3.05, 3.63) is 36.4 Å². The lowest BCUT2D eigenvalue weighted by atomic mass is 10.2. The molecule has 1 aromatic carbocycles. The smallest absolute Gasteiger partial charge is 0.106 e. The minimum Gasteiger partial charge on any atom is -0.395 e. The fourth-order valence-corrected chi connectivity index (χ4v) is 2.26. The molecule has 15 heavy (non-hydrogen) atoms. The number of hydrogen-bond acceptors (Lipinski definition) is 4. The van der Waals surface area contributed by atoms with Gasteiger partial charge < -0.3 is 10.3 Å². The van der Waals surface area contributed by atoms with Crippen LogP contribution in [-0.2, 0) is 0 Å². The topological polar surface area (TPSA) is 56.7 Å². The second kappa shape index (κ2) is 3.06. The molecule has 2 aromatic heterocycles. The number of nitrogens with two attached hydrogens (primary N) is 1. The lowest BCUT2D eigenvalue weighted by molar-refractivity contribution is 1.06. The van der Waals surface area contributed by atoms with E-state index in [2.05, 4.69) is 9.97 Å². The van der Waals surface area contributed by atoms with Crippen molar-refractivity contribution >= 4 is 27.2 Å². The Labute approximate surface area is 90.0 Å². The van der Waals surface area contributed by atoms with Gasteiger partial charge in [0.25, 0.3) is 0 Å². The van der Waals surface area contributed by atoms with Gasteiger partial charge in [-0.25, -0.2) is 9.97 Å². The van der Waals surface area contributed by atoms with Crippen molar-refractivity contribution in [1.29, 1.82) is 0 Å². The summed E-state index contributed by atoms with van der Waals surface area (Å²) in [6, 6.07) is 4.01. The Hall–Kier alpha value is -1.88. The Morgan fingerprint density at radius 2 is 2.27 bits per heavy atom. The second-order valence-electron chi connectivity index (χ2n) is 3.17. The van der Waals surface area contributed by atoms with Crippen molar-refractivity contribution in [2.45, 2.75) is 0 Å². The van der Waals surface area contributed by atoms with Crippen LogP contribution in [-0.4, -0.2) is 14.5 Å². The Balaban J connectivity index is 2.32. The highest BCUT2D eigenvalue weighted by atomic mass is 32.1. The van der Waals surface area contributed by atoms with Crippen LogP contribution in [0.1, 0.15) is 0 Å². The normalized spacial score (nSPS) is 10.9. The number of aromatic nitrogens is 3. The van der Waals surface area contributed by atoms with Gasteiger partial charge in [0.15, 0.2) is 0 Å². The fraction of sp³-hybridized carbons (Fsp3) is 0. The Bertz CT molecular complexity index is 597. The zero-order chi connectivity index (χ0) is 10.3. The first-order valence-electron chi connectivity index (χ1n) is 4.46. The predicted molar refractivity (Wildman–Crippen MR) is 61.2 cm³/mol. The molecule has 5 heteroatoms. The number of benzene rings is 1. The Morgan fingerprint density at radius 3 is 3.07 bits per heavy atom. The van der Waals surface area contributed by atoms with E-state index in [1.807, 2.05) is 22.9 Å². The maximum Gasteiger partial charge on any atom is 0.106 e. The Kier molecular flexibility index (Phi) is 1.72. The number of hydrogen-bond donors (Lipinski definition) is 1. The summed E-state index contributed by atoms with van der Waals surface area (Å²) in [5.41, 5.74) is 10.3. The molecule has 0 aliphatic carbocycles. The van der Waals surface area contributed by atoms with Crippen LogP contribution in [0, 0.1) is 0 Å². The molecule has 0 saturated carbocycles. The number of thiazole rings is 1. The zero-order valence-electron chi connectivity index (χ0n) is 7.79. The molecule has 3 rings (SSSR count). The molecule has 0 spiro atoms. The van der Waals surface area contributed by atoms with E-state index in [1.54, 1.807) is 29.4 Å². The van der Waals surface area contributed by atoms with Gasteiger partial charge in [-0.2, -0.15) is 0 Å². The summed E-state index contributed by atoms with van der Waals surface area (Å²) in [5, 5.41) is 0. The number of rotatable bonds is 1. The molecule has 2 heterocycles. The monoisotopic (exact) mass is 216 g/mol. The van der Waals surface area contributed by atoms with Crippen LogP contribution in [0.25, 0.3) is 15.9 Å². The highest BCUT2D eigenvalue weighted by Gasteiger charge is 2.07. The molecular weight excluding hydrogens is 208 g/mol. The molecule has 0 atom stereocenters. The van der Waals surface area contributed by atoms with Gasteiger partial charge in [0.1, 0.15) is 5.52 Å². The highest BCUT2D eigenvalue weighted by Crippen LogP contribution is 2.28. The summed E-state index contributed by atoms with van der Waals surface area (Å²) >= 11 is 1.59. The van der Waals surface area contributed by atoms with Gasteiger partial charge in [-0.05, 0) is 12.1 Å². The van der Waals surface area contributed by atoms with Crippen molar-refractivity contribution in [3.63, 3.8) is 0 Å². The molecule has 4 nitrogen and oxygen atoms in total. The number of nitrogen functional groups attached to an aromatic ring is 1. The Morgan fingerprint density at radius 1 is 1.33 bits per heavy atom. The molecule has 2 N–H and O–H groups in total. The maximum absolute atomic E-state index is 6.05. The van der Waals surface area contributed by atoms with E-state index in [9.17, 15) is 0 Å². The van der Waals surface area contributed by atoms with E-state index < -0.39 is 0 Å². The molecular formula is C10H8N4S. The van der Waals surface area contributed by atoms with Gasteiger partial charge in [0.2, 0.25) is 0 Å². The van der Waals surface area contributed by atoms with E-state index in [0.29, 0.717) is 5.69 Å². The molecule has 0 amide bonds. The van der Waals surface area contributed by atoms with Crippen LogP contribution >= 0.6 is 11.3 Å². The predicted octanol–water partition coefficient (Wildman–Crippen LogP) is 2.06. The van der Waals surface area contributed by atoms with E-state index in [-0.39, 0.29) is 0 Å². The van der Waals surface area contributed by atoms with E-state index in [4.69, 9.17) is 5.73 Å². The lowest BCUT2D eigenvalue weighted by Gasteiger charge is -2.05. The van der Waals surface area contributed by atoms with Crippen LogP contribution in [0.5, 0.6) is 0 Å². The summed E-state index contributed by atoms with van der Waals surface area (Å²) in [6.45, 7) is 0. The average Bonchev–Trinajstić information content (AvgIpc) is 2.87. The molecule has 0 radical (unpaired) electrons. The van der Waals surface area contributed by atoms with E-state index >= 15 is 0 Å². The van der Waals surface area contributed by atoms with Crippen LogP contribution in [0.3, 0.4) is 0 Å². The molecule has 3 aromatic rings. The van der Waals surface area contributed by atoms with Crippen LogP contribution in [0.2, 0.25) is 0 Å². The van der Waals surface area contributed by atoms with Crippen molar-refractivity contribution in [1.82, 2.24) is 14.5 Å². The fourth-order valence-electron chi connectivity index (χ4n) is 1.57. The SMILES string of the molecule is Nc1c(-n2ccnc2)ccc2scnc12. The third-order valence-electron chi connectivity index (χ3n) is 2.30. The van der Waals surface area contributed by atoms with Crippen molar-refractivity contribution in [2.24, 2.45) is 0 Å². The van der Waals surface area contributed by atoms with Crippen LogP contribution in [0.4, 0.5) is 5.69 Å². The molecule has 0 saturated heterocycles. The molecule has 74 valence electrons. The molecule has 0 bridgehead atoms. The number of fused-ring (bicyclic) bond motifs is 1. The lowest BCUT2D eigenvalue weighted by Crippen LogP contribution is -1.97. The standard InChI is InChI=1S/C10H8N4S/c11-9-7(14-4-3-12-5-14)1-2-8-10(9)13-6-15-8/h1-6H,11H2. The van der Waals surface area contributed by atoms with Crippen molar-refractivity contribution < 1.29 is 0 Å². The van der Waals surface area contributed by atoms with Gasteiger partial charge in [0, 0.05) is 12.4 Å². The summed E-state index contributed by atoms with van der Waals surface area (Å²) in [6.07, 6.45) is 5.32. The minimum absolute atomic E-state index is 0.701. The first-order chi connectivity index (χ1) is 7.36. The summed E-state index contributed by atoms with van der Waals surface area (Å²) < 4.78 is 2.99. The maximum atomic E-state index is 6.05. The molecule has 0 unspecified atom stereocenters. The van der Waals surface area contributed by atoms with Gasteiger partial charge in [-0.1, -0.05) is 0 Å². The number of nitrogens with zero attached hydrogens (tertiary/aromatic N) is 3. The van der Waals surface area contributed by atoms with Gasteiger partial charge in [-0.3, -0.25) is 0 Å². The summed E-state index contributed by atoms with van der Waals surface area (Å²) in [7, 11) is 0. The molecule has 0 aliphatic rings. The quantitative estimate of drug-likeness (QED) is 0.633. The van der Waals surface area contributed by atoms with Gasteiger partial charge in [-0.15, -0.1) is 11.3 Å². The zero-order valence-corrected chi connectivity index (χ0v) is 8.61. The van der Waals surface area contributed by atoms with Crippen molar-refractivity contribution in [2.75, 3.05) is 5.73 Å². The third kappa shape index (κ3) is 1.20. The molecule has 0 fully saturated rings. The largest absolute Gasteiger partial charge is 0.395 e. The molecule has 0 aliphatic heterocycles. The number of anilines is 1. The van der Waals surface area contributed by atoms with E-state index in [0.717, 1.165) is 15.9 Å².